The van der Waals surface area contributed by atoms with Crippen molar-refractivity contribution in [2.45, 2.75) is 39.3 Å². The third-order valence-corrected chi connectivity index (χ3v) is 7.07. The quantitative estimate of drug-likeness (QED) is 0.331. The molecular weight excluding hydrogens is 434 g/mol. The van der Waals surface area contributed by atoms with Gasteiger partial charge in [0.25, 0.3) is 5.56 Å². The summed E-state index contributed by atoms with van der Waals surface area (Å²) in [6.45, 7) is 7.84. The van der Waals surface area contributed by atoms with E-state index >= 15 is 0 Å². The molecule has 0 aliphatic carbocycles. The van der Waals surface area contributed by atoms with E-state index in [0.29, 0.717) is 21.1 Å². The number of hydrogen-bond acceptors (Lipinski definition) is 7. The SMILES string of the molecule is CCc1c(C)sc2nc(SCC(=O)NCC(=O)OC)n(-c3ccc(C)c(C)c3)c(=O)c12. The highest BCUT2D eigenvalue weighted by Crippen LogP contribution is 2.30. The molecule has 0 fully saturated rings. The number of carbonyl (C=O) groups excluding carboxylic acids is 2. The van der Waals surface area contributed by atoms with E-state index in [2.05, 4.69) is 10.1 Å². The predicted octanol–water partition coefficient (Wildman–Crippen LogP) is 3.32. The summed E-state index contributed by atoms with van der Waals surface area (Å²) in [5, 5.41) is 3.59. The summed E-state index contributed by atoms with van der Waals surface area (Å²) < 4.78 is 6.11. The summed E-state index contributed by atoms with van der Waals surface area (Å²) in [6.07, 6.45) is 0.748. The summed E-state index contributed by atoms with van der Waals surface area (Å²) in [5.41, 5.74) is 3.79. The molecule has 2 heterocycles. The van der Waals surface area contributed by atoms with Gasteiger partial charge in [-0.25, -0.2) is 4.98 Å². The van der Waals surface area contributed by atoms with E-state index in [1.807, 2.05) is 45.9 Å². The first-order valence-electron chi connectivity index (χ1n) is 9.85. The molecule has 3 aromatic rings. The maximum Gasteiger partial charge on any atom is 0.325 e. The fourth-order valence-electron chi connectivity index (χ4n) is 3.24. The van der Waals surface area contributed by atoms with Crippen molar-refractivity contribution in [1.29, 1.82) is 0 Å². The van der Waals surface area contributed by atoms with Crippen LogP contribution in [0.25, 0.3) is 15.9 Å². The number of amides is 1. The van der Waals surface area contributed by atoms with Crippen LogP contribution in [0, 0.1) is 20.8 Å². The van der Waals surface area contributed by atoms with Crippen molar-refractivity contribution < 1.29 is 14.3 Å². The van der Waals surface area contributed by atoms with E-state index in [1.54, 1.807) is 4.57 Å². The van der Waals surface area contributed by atoms with Gasteiger partial charge in [0, 0.05) is 4.88 Å². The number of nitrogens with one attached hydrogen (secondary N) is 1. The van der Waals surface area contributed by atoms with Crippen molar-refractivity contribution in [1.82, 2.24) is 14.9 Å². The van der Waals surface area contributed by atoms with Crippen LogP contribution in [0.5, 0.6) is 0 Å². The molecule has 0 atom stereocenters. The lowest BCUT2D eigenvalue weighted by Crippen LogP contribution is -2.31. The minimum atomic E-state index is -0.522. The van der Waals surface area contributed by atoms with E-state index in [9.17, 15) is 14.4 Å². The topological polar surface area (TPSA) is 90.3 Å². The smallest absolute Gasteiger partial charge is 0.325 e. The average Bonchev–Trinajstić information content (AvgIpc) is 3.07. The summed E-state index contributed by atoms with van der Waals surface area (Å²) in [6, 6.07) is 5.82. The van der Waals surface area contributed by atoms with Crippen molar-refractivity contribution in [2.75, 3.05) is 19.4 Å². The van der Waals surface area contributed by atoms with E-state index in [4.69, 9.17) is 4.98 Å². The molecule has 0 saturated carbocycles. The Balaban J connectivity index is 2.06. The highest BCUT2D eigenvalue weighted by molar-refractivity contribution is 7.99. The zero-order chi connectivity index (χ0) is 22.7. The summed E-state index contributed by atoms with van der Waals surface area (Å²) in [7, 11) is 1.26. The molecule has 1 N–H and O–H groups in total. The van der Waals surface area contributed by atoms with E-state index in [0.717, 1.165) is 28.0 Å². The molecule has 9 heteroatoms. The largest absolute Gasteiger partial charge is 0.468 e. The zero-order valence-corrected chi connectivity index (χ0v) is 19.8. The van der Waals surface area contributed by atoms with Gasteiger partial charge in [0.2, 0.25) is 5.91 Å². The average molecular weight is 460 g/mol. The second-order valence-electron chi connectivity index (χ2n) is 7.12. The van der Waals surface area contributed by atoms with Crippen molar-refractivity contribution in [3.63, 3.8) is 0 Å². The Kier molecular flexibility index (Phi) is 7.17. The number of ether oxygens (including phenoxy) is 1. The third-order valence-electron chi connectivity index (χ3n) is 5.09. The van der Waals surface area contributed by atoms with Gasteiger partial charge in [0.1, 0.15) is 11.4 Å². The molecule has 0 radical (unpaired) electrons. The van der Waals surface area contributed by atoms with Gasteiger partial charge in [-0.3, -0.25) is 19.0 Å². The van der Waals surface area contributed by atoms with Gasteiger partial charge in [0.15, 0.2) is 5.16 Å². The molecule has 31 heavy (non-hydrogen) atoms. The van der Waals surface area contributed by atoms with Crippen LogP contribution in [0.3, 0.4) is 0 Å². The van der Waals surface area contributed by atoms with Gasteiger partial charge in [-0.2, -0.15) is 0 Å². The molecule has 0 spiro atoms. The molecule has 0 saturated heterocycles. The fourth-order valence-corrected chi connectivity index (χ4v) is 5.23. The maximum absolute atomic E-state index is 13.6. The molecule has 0 unspecified atom stereocenters. The standard InChI is InChI=1S/C22H25N3O4S2/c1-6-16-14(4)31-20-19(16)21(28)25(15-8-7-12(2)13(3)9-15)22(24-20)30-11-17(26)23-10-18(27)29-5/h7-9H,6,10-11H2,1-5H3,(H,23,26). The lowest BCUT2D eigenvalue weighted by Gasteiger charge is -2.14. The predicted molar refractivity (Wildman–Crippen MR) is 125 cm³/mol. The maximum atomic E-state index is 13.6. The van der Waals surface area contributed by atoms with Crippen LogP contribution in [0.4, 0.5) is 0 Å². The lowest BCUT2D eigenvalue weighted by atomic mass is 10.1. The molecule has 0 aliphatic rings. The van der Waals surface area contributed by atoms with Gasteiger partial charge in [0.05, 0.1) is 23.9 Å². The third kappa shape index (κ3) is 4.83. The molecule has 1 aromatic carbocycles. The Hall–Kier alpha value is -2.65. The second-order valence-corrected chi connectivity index (χ2v) is 9.26. The van der Waals surface area contributed by atoms with Gasteiger partial charge in [-0.1, -0.05) is 24.8 Å². The van der Waals surface area contributed by atoms with Crippen molar-refractivity contribution in [2.24, 2.45) is 0 Å². The number of thiophene rings is 1. The van der Waals surface area contributed by atoms with Crippen LogP contribution in [0.2, 0.25) is 0 Å². The Morgan fingerprint density at radius 3 is 2.61 bits per heavy atom. The number of nitrogens with zero attached hydrogens (tertiary/aromatic N) is 2. The molecular formula is C22H25N3O4S2. The van der Waals surface area contributed by atoms with Crippen LogP contribution in [0.15, 0.2) is 28.2 Å². The number of methoxy groups -OCH3 is 1. The highest BCUT2D eigenvalue weighted by atomic mass is 32.2. The molecule has 164 valence electrons. The van der Waals surface area contributed by atoms with Crippen LogP contribution in [-0.2, 0) is 20.7 Å². The number of fused-ring (bicyclic) bond motifs is 1. The van der Waals surface area contributed by atoms with Crippen LogP contribution >= 0.6 is 23.1 Å². The lowest BCUT2D eigenvalue weighted by molar-refractivity contribution is -0.140. The Morgan fingerprint density at radius 1 is 1.23 bits per heavy atom. The number of aromatic nitrogens is 2. The minimum absolute atomic E-state index is 0.0186. The fraction of sp³-hybridized carbons (Fsp3) is 0.364. The molecule has 7 nitrogen and oxygen atoms in total. The Bertz CT molecular complexity index is 1210. The molecule has 1 amide bonds. The first kappa shape index (κ1) is 23.0. The van der Waals surface area contributed by atoms with E-state index < -0.39 is 5.97 Å². The number of benzene rings is 1. The van der Waals surface area contributed by atoms with Crippen LogP contribution in [-0.4, -0.2) is 40.8 Å². The monoisotopic (exact) mass is 459 g/mol. The van der Waals surface area contributed by atoms with E-state index in [-0.39, 0.29) is 23.8 Å². The zero-order valence-electron chi connectivity index (χ0n) is 18.2. The van der Waals surface area contributed by atoms with Gasteiger partial charge < -0.3 is 10.1 Å². The summed E-state index contributed by atoms with van der Waals surface area (Å²) >= 11 is 2.66. The number of aryl methyl sites for hydroxylation is 4. The van der Waals surface area contributed by atoms with Crippen molar-refractivity contribution in [3.8, 4) is 5.69 Å². The van der Waals surface area contributed by atoms with Crippen molar-refractivity contribution in [3.05, 3.63) is 50.1 Å². The molecule has 0 bridgehead atoms. The van der Waals surface area contributed by atoms with Crippen molar-refractivity contribution >= 4 is 45.2 Å². The van der Waals surface area contributed by atoms with Crippen LogP contribution in [0.1, 0.15) is 28.5 Å². The van der Waals surface area contributed by atoms with Gasteiger partial charge >= 0.3 is 5.97 Å². The number of rotatable bonds is 7. The second kappa shape index (κ2) is 9.65. The molecule has 3 rings (SSSR count). The van der Waals surface area contributed by atoms with E-state index in [1.165, 1.54) is 30.2 Å². The Labute approximate surface area is 188 Å². The van der Waals surface area contributed by atoms with Crippen LogP contribution < -0.4 is 10.9 Å². The minimum Gasteiger partial charge on any atom is -0.468 e. The number of thioether (sulfide) groups is 1. The molecule has 2 aromatic heterocycles. The summed E-state index contributed by atoms with van der Waals surface area (Å²) in [5.74, 6) is -0.843. The Morgan fingerprint density at radius 2 is 1.97 bits per heavy atom. The number of hydrogen-bond donors (Lipinski definition) is 1. The number of esters is 1. The normalized spacial score (nSPS) is 11.0. The summed E-state index contributed by atoms with van der Waals surface area (Å²) in [4.78, 5) is 43.5. The molecule has 0 aliphatic heterocycles. The highest BCUT2D eigenvalue weighted by Gasteiger charge is 2.20. The first-order valence-corrected chi connectivity index (χ1v) is 11.7. The van der Waals surface area contributed by atoms with Gasteiger partial charge in [-0.05, 0) is 56.0 Å². The number of carbonyl (C=O) groups is 2. The van der Waals surface area contributed by atoms with Gasteiger partial charge in [-0.15, -0.1) is 11.3 Å². The first-order chi connectivity index (χ1) is 14.8.